The maximum absolute atomic E-state index is 13.7. The fourth-order valence-electron chi connectivity index (χ4n) is 4.37. The van der Waals surface area contributed by atoms with E-state index in [2.05, 4.69) is 5.32 Å². The maximum Gasteiger partial charge on any atom is 0.341 e. The van der Waals surface area contributed by atoms with Gasteiger partial charge in [-0.15, -0.1) is 0 Å². The molecule has 0 aliphatic carbocycles. The SMILES string of the molecule is CCOC(=O)c1c(S(=O)(=O)N2CCC[C@H](C(=O)Nc3ccccc3CC)C2)c(C)n(C)c1C. The number of hydrogen-bond acceptors (Lipinski definition) is 5. The molecule has 9 heteroatoms. The van der Waals surface area contributed by atoms with Crippen molar-refractivity contribution in [1.82, 2.24) is 8.87 Å². The van der Waals surface area contributed by atoms with Crippen LogP contribution < -0.4 is 5.32 Å². The van der Waals surface area contributed by atoms with Gasteiger partial charge in [-0.2, -0.15) is 4.31 Å². The molecule has 1 saturated heterocycles. The lowest BCUT2D eigenvalue weighted by Crippen LogP contribution is -2.44. The summed E-state index contributed by atoms with van der Waals surface area (Å²) in [5.41, 5.74) is 2.86. The predicted molar refractivity (Wildman–Crippen MR) is 127 cm³/mol. The Morgan fingerprint density at radius 1 is 1.15 bits per heavy atom. The lowest BCUT2D eigenvalue weighted by molar-refractivity contribution is -0.120. The van der Waals surface area contributed by atoms with Crippen molar-refractivity contribution < 1.29 is 22.7 Å². The van der Waals surface area contributed by atoms with Crippen LogP contribution in [0.25, 0.3) is 0 Å². The lowest BCUT2D eigenvalue weighted by Gasteiger charge is -2.31. The third-order valence-corrected chi connectivity index (χ3v) is 8.44. The first-order valence-electron chi connectivity index (χ1n) is 11.3. The molecule has 3 rings (SSSR count). The van der Waals surface area contributed by atoms with Crippen molar-refractivity contribution in [2.75, 3.05) is 25.0 Å². The minimum atomic E-state index is -4.01. The minimum absolute atomic E-state index is 0.0293. The van der Waals surface area contributed by atoms with Gasteiger partial charge >= 0.3 is 5.97 Å². The zero-order chi connectivity index (χ0) is 24.3. The van der Waals surface area contributed by atoms with Crippen molar-refractivity contribution in [3.8, 4) is 0 Å². The number of benzene rings is 1. The van der Waals surface area contributed by atoms with E-state index >= 15 is 0 Å². The molecule has 1 fully saturated rings. The van der Waals surface area contributed by atoms with Gasteiger partial charge in [-0.25, -0.2) is 13.2 Å². The fourth-order valence-corrected chi connectivity index (χ4v) is 6.37. The minimum Gasteiger partial charge on any atom is -0.462 e. The van der Waals surface area contributed by atoms with Crippen LogP contribution >= 0.6 is 0 Å². The molecule has 2 aromatic rings. The number of carbonyl (C=O) groups is 2. The van der Waals surface area contributed by atoms with Crippen LogP contribution in [0.4, 0.5) is 5.69 Å². The molecule has 1 amide bonds. The molecule has 180 valence electrons. The number of para-hydroxylation sites is 1. The fraction of sp³-hybridized carbons (Fsp3) is 0.500. The van der Waals surface area contributed by atoms with Gasteiger partial charge in [0.25, 0.3) is 0 Å². The molecule has 1 aromatic heterocycles. The summed E-state index contributed by atoms with van der Waals surface area (Å²) in [6.45, 7) is 7.60. The summed E-state index contributed by atoms with van der Waals surface area (Å²) in [5, 5.41) is 2.98. The van der Waals surface area contributed by atoms with E-state index in [1.807, 2.05) is 31.2 Å². The Balaban J connectivity index is 1.89. The lowest BCUT2D eigenvalue weighted by atomic mass is 9.98. The average molecular weight is 476 g/mol. The summed E-state index contributed by atoms with van der Waals surface area (Å²) in [7, 11) is -2.28. The predicted octanol–water partition coefficient (Wildman–Crippen LogP) is 3.42. The van der Waals surface area contributed by atoms with Crippen LogP contribution in [0.5, 0.6) is 0 Å². The summed E-state index contributed by atoms with van der Waals surface area (Å²) in [5.74, 6) is -1.32. The van der Waals surface area contributed by atoms with Crippen molar-refractivity contribution in [2.24, 2.45) is 13.0 Å². The number of aromatic nitrogens is 1. The number of piperidine rings is 1. The van der Waals surface area contributed by atoms with E-state index < -0.39 is 21.9 Å². The number of anilines is 1. The number of aryl methyl sites for hydroxylation is 1. The van der Waals surface area contributed by atoms with Gasteiger partial charge in [0.2, 0.25) is 15.9 Å². The van der Waals surface area contributed by atoms with E-state index in [1.165, 1.54) is 4.31 Å². The van der Waals surface area contributed by atoms with E-state index in [-0.39, 0.29) is 29.5 Å². The second-order valence-corrected chi connectivity index (χ2v) is 10.2. The Kier molecular flexibility index (Phi) is 7.64. The maximum atomic E-state index is 13.7. The number of hydrogen-bond donors (Lipinski definition) is 1. The van der Waals surface area contributed by atoms with Crippen LogP contribution in [-0.4, -0.2) is 48.9 Å². The van der Waals surface area contributed by atoms with Crippen molar-refractivity contribution in [3.63, 3.8) is 0 Å². The van der Waals surface area contributed by atoms with Crippen LogP contribution in [0, 0.1) is 19.8 Å². The first kappa shape index (κ1) is 25.0. The normalized spacial score (nSPS) is 17.1. The number of nitrogens with one attached hydrogen (secondary N) is 1. The molecule has 0 saturated carbocycles. The summed E-state index contributed by atoms with van der Waals surface area (Å²) in [6.07, 6.45) is 1.95. The topological polar surface area (TPSA) is 97.7 Å². The summed E-state index contributed by atoms with van der Waals surface area (Å²) < 4.78 is 35.6. The molecule has 1 aliphatic rings. The number of ether oxygens (including phenoxy) is 1. The number of esters is 1. The molecule has 0 radical (unpaired) electrons. The smallest absolute Gasteiger partial charge is 0.341 e. The molecule has 1 aliphatic heterocycles. The van der Waals surface area contributed by atoms with Gasteiger partial charge in [0.1, 0.15) is 10.5 Å². The number of carbonyl (C=O) groups excluding carboxylic acids is 2. The molecule has 1 atom stereocenters. The Hall–Kier alpha value is -2.65. The van der Waals surface area contributed by atoms with Crippen molar-refractivity contribution in [3.05, 3.63) is 46.8 Å². The van der Waals surface area contributed by atoms with Crippen LogP contribution in [0.3, 0.4) is 0 Å². The molecule has 0 spiro atoms. The van der Waals surface area contributed by atoms with Gasteiger partial charge in [0.15, 0.2) is 0 Å². The highest BCUT2D eigenvalue weighted by Crippen LogP contribution is 2.32. The molecule has 33 heavy (non-hydrogen) atoms. The van der Waals surface area contributed by atoms with Crippen LogP contribution in [0.15, 0.2) is 29.2 Å². The average Bonchev–Trinajstić information content (AvgIpc) is 3.04. The van der Waals surface area contributed by atoms with Gasteiger partial charge in [0, 0.05) is 37.2 Å². The summed E-state index contributed by atoms with van der Waals surface area (Å²) in [4.78, 5) is 25.6. The second-order valence-electron chi connectivity index (χ2n) is 8.36. The van der Waals surface area contributed by atoms with Gasteiger partial charge in [-0.3, -0.25) is 4.79 Å². The molecular weight excluding hydrogens is 442 g/mol. The zero-order valence-corrected chi connectivity index (χ0v) is 20.8. The van der Waals surface area contributed by atoms with E-state index in [9.17, 15) is 18.0 Å². The quantitative estimate of drug-likeness (QED) is 0.619. The Bertz CT molecular complexity index is 1150. The number of rotatable bonds is 7. The van der Waals surface area contributed by atoms with Gasteiger partial charge in [0.05, 0.1) is 12.5 Å². The van der Waals surface area contributed by atoms with Gasteiger partial charge in [-0.1, -0.05) is 25.1 Å². The first-order chi connectivity index (χ1) is 15.6. The highest BCUT2D eigenvalue weighted by atomic mass is 32.2. The largest absolute Gasteiger partial charge is 0.462 e. The molecule has 2 heterocycles. The highest BCUT2D eigenvalue weighted by Gasteiger charge is 2.39. The van der Waals surface area contributed by atoms with Crippen molar-refractivity contribution >= 4 is 27.6 Å². The third kappa shape index (κ3) is 4.84. The summed E-state index contributed by atoms with van der Waals surface area (Å²) in [6, 6.07) is 7.61. The van der Waals surface area contributed by atoms with E-state index in [4.69, 9.17) is 4.74 Å². The van der Waals surface area contributed by atoms with Crippen molar-refractivity contribution in [2.45, 2.75) is 51.9 Å². The second kappa shape index (κ2) is 10.1. The summed E-state index contributed by atoms with van der Waals surface area (Å²) >= 11 is 0. The Morgan fingerprint density at radius 3 is 2.52 bits per heavy atom. The molecular formula is C24H33N3O5S. The van der Waals surface area contributed by atoms with E-state index in [0.29, 0.717) is 30.8 Å². The molecule has 8 nitrogen and oxygen atoms in total. The zero-order valence-electron chi connectivity index (χ0n) is 20.0. The Morgan fingerprint density at radius 2 is 1.85 bits per heavy atom. The van der Waals surface area contributed by atoms with Gasteiger partial charge in [-0.05, 0) is 51.7 Å². The highest BCUT2D eigenvalue weighted by molar-refractivity contribution is 7.89. The number of amides is 1. The number of nitrogens with zero attached hydrogens (tertiary/aromatic N) is 2. The molecule has 1 aromatic carbocycles. The third-order valence-electron chi connectivity index (χ3n) is 6.41. The van der Waals surface area contributed by atoms with Crippen LogP contribution in [0.2, 0.25) is 0 Å². The molecule has 0 unspecified atom stereocenters. The van der Waals surface area contributed by atoms with E-state index in [1.54, 1.807) is 32.4 Å². The first-order valence-corrected chi connectivity index (χ1v) is 12.8. The van der Waals surface area contributed by atoms with Crippen molar-refractivity contribution in [1.29, 1.82) is 0 Å². The molecule has 1 N–H and O–H groups in total. The Labute approximate surface area is 196 Å². The van der Waals surface area contributed by atoms with Crippen LogP contribution in [-0.2, 0) is 33.0 Å². The van der Waals surface area contributed by atoms with E-state index in [0.717, 1.165) is 17.7 Å². The standard InChI is InChI=1S/C24H33N3O5S/c1-6-18-11-8-9-13-20(18)25-23(28)19-12-10-14-27(15-19)33(30,31)22-17(4)26(5)16(3)21(22)24(29)32-7-2/h8-9,11,13,19H,6-7,10,12,14-15H2,1-5H3,(H,25,28)/t19-/m0/s1. The monoisotopic (exact) mass is 475 g/mol. The van der Waals surface area contributed by atoms with Crippen LogP contribution in [0.1, 0.15) is 54.0 Å². The van der Waals surface area contributed by atoms with Gasteiger partial charge < -0.3 is 14.6 Å². The number of sulfonamides is 1. The molecule has 0 bridgehead atoms.